The van der Waals surface area contributed by atoms with Crippen molar-refractivity contribution in [1.29, 1.82) is 0 Å². The SMILES string of the molecule is CC1CCN(C(=O)C(CCc2ccccc2Cl)NSc2cccnc2Cl)CC1. The molecule has 1 atom stereocenters. The molecule has 1 fully saturated rings. The lowest BCUT2D eigenvalue weighted by atomic mass is 9.98. The van der Waals surface area contributed by atoms with Crippen molar-refractivity contribution in [2.45, 2.75) is 43.5 Å². The minimum atomic E-state index is -0.314. The summed E-state index contributed by atoms with van der Waals surface area (Å²) in [6.07, 6.45) is 5.17. The van der Waals surface area contributed by atoms with Crippen molar-refractivity contribution in [2.24, 2.45) is 5.92 Å². The fraction of sp³-hybridized carbons (Fsp3) is 0.429. The normalized spacial score (nSPS) is 16.2. The van der Waals surface area contributed by atoms with E-state index in [9.17, 15) is 4.79 Å². The minimum absolute atomic E-state index is 0.145. The summed E-state index contributed by atoms with van der Waals surface area (Å²) in [5, 5.41) is 1.17. The Morgan fingerprint density at radius 2 is 2.00 bits per heavy atom. The van der Waals surface area contributed by atoms with Gasteiger partial charge in [-0.1, -0.05) is 48.3 Å². The van der Waals surface area contributed by atoms with E-state index in [0.29, 0.717) is 17.5 Å². The number of likely N-dealkylation sites (tertiary alicyclic amines) is 1. The van der Waals surface area contributed by atoms with Gasteiger partial charge in [0, 0.05) is 24.3 Å². The first-order chi connectivity index (χ1) is 13.5. The summed E-state index contributed by atoms with van der Waals surface area (Å²) in [5.41, 5.74) is 1.06. The van der Waals surface area contributed by atoms with Gasteiger partial charge in [0.25, 0.3) is 0 Å². The number of rotatable bonds is 7. The lowest BCUT2D eigenvalue weighted by Crippen LogP contribution is -2.47. The number of halogens is 2. The van der Waals surface area contributed by atoms with Crippen LogP contribution in [0.5, 0.6) is 0 Å². The number of hydrogen-bond acceptors (Lipinski definition) is 4. The second-order valence-corrected chi connectivity index (χ2v) is 8.85. The Morgan fingerprint density at radius 3 is 2.71 bits per heavy atom. The zero-order chi connectivity index (χ0) is 19.9. The Bertz CT molecular complexity index is 747. The summed E-state index contributed by atoms with van der Waals surface area (Å²) in [6.45, 7) is 3.89. The topological polar surface area (TPSA) is 45.2 Å². The number of amides is 1. The average Bonchev–Trinajstić information content (AvgIpc) is 2.70. The molecule has 1 aromatic carbocycles. The average molecular weight is 438 g/mol. The number of aryl methyl sites for hydroxylation is 1. The van der Waals surface area contributed by atoms with Crippen LogP contribution in [0, 0.1) is 5.92 Å². The highest BCUT2D eigenvalue weighted by atomic mass is 35.5. The summed E-state index contributed by atoms with van der Waals surface area (Å²) >= 11 is 13.8. The summed E-state index contributed by atoms with van der Waals surface area (Å²) in [5.74, 6) is 0.827. The van der Waals surface area contributed by atoms with E-state index in [0.717, 1.165) is 47.8 Å². The smallest absolute Gasteiger partial charge is 0.240 e. The van der Waals surface area contributed by atoms with Crippen LogP contribution >= 0.6 is 35.1 Å². The molecule has 2 heterocycles. The van der Waals surface area contributed by atoms with Crippen molar-refractivity contribution in [2.75, 3.05) is 13.1 Å². The van der Waals surface area contributed by atoms with Gasteiger partial charge in [0.05, 0.1) is 10.9 Å². The van der Waals surface area contributed by atoms with Crippen LogP contribution in [0.2, 0.25) is 10.2 Å². The van der Waals surface area contributed by atoms with E-state index in [1.54, 1.807) is 6.20 Å². The lowest BCUT2D eigenvalue weighted by molar-refractivity contribution is -0.134. The molecule has 0 radical (unpaired) electrons. The predicted molar refractivity (Wildman–Crippen MR) is 117 cm³/mol. The molecule has 0 bridgehead atoms. The van der Waals surface area contributed by atoms with Crippen molar-refractivity contribution in [3.05, 3.63) is 58.3 Å². The van der Waals surface area contributed by atoms with Gasteiger partial charge in [-0.3, -0.25) is 4.79 Å². The fourth-order valence-corrected chi connectivity index (χ4v) is 4.50. The zero-order valence-electron chi connectivity index (χ0n) is 15.9. The van der Waals surface area contributed by atoms with E-state index in [4.69, 9.17) is 23.2 Å². The first-order valence-electron chi connectivity index (χ1n) is 9.59. The molecule has 1 N–H and O–H groups in total. The molecule has 4 nitrogen and oxygen atoms in total. The number of pyridine rings is 1. The van der Waals surface area contributed by atoms with E-state index in [2.05, 4.69) is 16.6 Å². The maximum atomic E-state index is 13.2. The summed E-state index contributed by atoms with van der Waals surface area (Å²) in [4.78, 5) is 20.1. The number of nitrogens with one attached hydrogen (secondary N) is 1. The van der Waals surface area contributed by atoms with Gasteiger partial charge in [0.2, 0.25) is 5.91 Å². The largest absolute Gasteiger partial charge is 0.341 e. The predicted octanol–water partition coefficient (Wildman–Crippen LogP) is 5.25. The van der Waals surface area contributed by atoms with Gasteiger partial charge in [-0.2, -0.15) is 0 Å². The third-order valence-corrected chi connectivity index (χ3v) is 6.82. The van der Waals surface area contributed by atoms with Crippen LogP contribution in [0.15, 0.2) is 47.5 Å². The molecule has 7 heteroatoms. The maximum Gasteiger partial charge on any atom is 0.240 e. The standard InChI is InChI=1S/C21H25Cl2N3OS/c1-15-10-13-26(14-11-15)21(27)18(9-8-16-5-2-3-6-17(16)22)25-28-19-7-4-12-24-20(19)23/h2-7,12,15,18,25H,8-11,13-14H2,1H3. The van der Waals surface area contributed by atoms with Crippen LogP contribution in [-0.4, -0.2) is 34.9 Å². The van der Waals surface area contributed by atoms with Crippen molar-refractivity contribution in [3.8, 4) is 0 Å². The first kappa shape index (κ1) is 21.4. The maximum absolute atomic E-state index is 13.2. The Labute approximate surface area is 181 Å². The van der Waals surface area contributed by atoms with Crippen LogP contribution in [0.3, 0.4) is 0 Å². The van der Waals surface area contributed by atoms with E-state index < -0.39 is 0 Å². The second-order valence-electron chi connectivity index (χ2n) is 7.20. The van der Waals surface area contributed by atoms with E-state index in [1.807, 2.05) is 41.3 Å². The van der Waals surface area contributed by atoms with Gasteiger partial charge < -0.3 is 4.90 Å². The molecule has 150 valence electrons. The van der Waals surface area contributed by atoms with Gasteiger partial charge in [0.15, 0.2) is 0 Å². The van der Waals surface area contributed by atoms with Gasteiger partial charge in [-0.15, -0.1) is 0 Å². The van der Waals surface area contributed by atoms with Crippen LogP contribution < -0.4 is 4.72 Å². The van der Waals surface area contributed by atoms with Gasteiger partial charge in [-0.05, 0) is 67.3 Å². The summed E-state index contributed by atoms with van der Waals surface area (Å²) < 4.78 is 3.33. The number of carbonyl (C=O) groups excluding carboxylic acids is 1. The minimum Gasteiger partial charge on any atom is -0.341 e. The molecule has 0 spiro atoms. The molecule has 1 aliphatic rings. The number of carbonyl (C=O) groups is 1. The summed E-state index contributed by atoms with van der Waals surface area (Å²) in [7, 11) is 0. The number of aromatic nitrogens is 1. The van der Waals surface area contributed by atoms with Crippen molar-refractivity contribution < 1.29 is 4.79 Å². The van der Waals surface area contributed by atoms with E-state index in [-0.39, 0.29) is 11.9 Å². The number of hydrogen-bond donors (Lipinski definition) is 1. The highest BCUT2D eigenvalue weighted by Gasteiger charge is 2.27. The number of benzene rings is 1. The molecule has 1 aliphatic heterocycles. The Balaban J connectivity index is 1.68. The van der Waals surface area contributed by atoms with E-state index >= 15 is 0 Å². The second kappa shape index (κ2) is 10.5. The van der Waals surface area contributed by atoms with E-state index in [1.165, 1.54) is 11.9 Å². The zero-order valence-corrected chi connectivity index (χ0v) is 18.2. The van der Waals surface area contributed by atoms with Crippen molar-refractivity contribution >= 4 is 41.1 Å². The summed E-state index contributed by atoms with van der Waals surface area (Å²) in [6, 6.07) is 11.2. The fourth-order valence-electron chi connectivity index (χ4n) is 3.27. The third-order valence-electron chi connectivity index (χ3n) is 5.09. The molecule has 1 unspecified atom stereocenters. The Kier molecular flexibility index (Phi) is 8.03. The highest BCUT2D eigenvalue weighted by molar-refractivity contribution is 7.97. The number of piperidine rings is 1. The third kappa shape index (κ3) is 5.86. The molecule has 2 aromatic rings. The molecule has 1 aromatic heterocycles. The molecular weight excluding hydrogens is 413 g/mol. The van der Waals surface area contributed by atoms with Crippen molar-refractivity contribution in [1.82, 2.24) is 14.6 Å². The Hall–Kier alpha value is -1.27. The monoisotopic (exact) mass is 437 g/mol. The van der Waals surface area contributed by atoms with Crippen LogP contribution in [-0.2, 0) is 11.2 Å². The highest BCUT2D eigenvalue weighted by Crippen LogP contribution is 2.25. The van der Waals surface area contributed by atoms with Crippen LogP contribution in [0.25, 0.3) is 0 Å². The lowest BCUT2D eigenvalue weighted by Gasteiger charge is -2.33. The van der Waals surface area contributed by atoms with Crippen molar-refractivity contribution in [3.63, 3.8) is 0 Å². The van der Waals surface area contributed by atoms with Gasteiger partial charge >= 0.3 is 0 Å². The van der Waals surface area contributed by atoms with Crippen LogP contribution in [0.1, 0.15) is 31.7 Å². The Morgan fingerprint density at radius 1 is 1.25 bits per heavy atom. The molecule has 1 saturated heterocycles. The van der Waals surface area contributed by atoms with Crippen LogP contribution in [0.4, 0.5) is 0 Å². The molecule has 0 saturated carbocycles. The molecular formula is C21H25Cl2N3OS. The van der Waals surface area contributed by atoms with Gasteiger partial charge in [-0.25, -0.2) is 9.71 Å². The molecule has 1 amide bonds. The molecule has 3 rings (SSSR count). The van der Waals surface area contributed by atoms with Gasteiger partial charge in [0.1, 0.15) is 5.15 Å². The quantitative estimate of drug-likeness (QED) is 0.474. The molecule has 0 aliphatic carbocycles. The number of nitrogens with zero attached hydrogens (tertiary/aromatic N) is 2. The molecule has 28 heavy (non-hydrogen) atoms. The first-order valence-corrected chi connectivity index (χ1v) is 11.2.